The first kappa shape index (κ1) is 14.0. The Morgan fingerprint density at radius 2 is 2.26 bits per heavy atom. The van der Waals surface area contributed by atoms with Gasteiger partial charge in [0.25, 0.3) is 0 Å². The van der Waals surface area contributed by atoms with Gasteiger partial charge in [-0.1, -0.05) is 6.92 Å². The van der Waals surface area contributed by atoms with Crippen LogP contribution in [-0.4, -0.2) is 11.5 Å². The predicted octanol–water partition coefficient (Wildman–Crippen LogP) is 3.32. The van der Waals surface area contributed by atoms with Gasteiger partial charge >= 0.3 is 0 Å². The van der Waals surface area contributed by atoms with Gasteiger partial charge in [-0.05, 0) is 65.9 Å². The van der Waals surface area contributed by atoms with Crippen molar-refractivity contribution in [2.24, 2.45) is 0 Å². The lowest BCUT2D eigenvalue weighted by molar-refractivity contribution is 0.528. The van der Waals surface area contributed by atoms with Crippen LogP contribution in [0.2, 0.25) is 0 Å². The largest absolute Gasteiger partial charge is 0.384 e. The summed E-state index contributed by atoms with van der Waals surface area (Å²) >= 11 is 1.76. The Hall–Kier alpha value is -1.39. The Morgan fingerprint density at radius 3 is 2.89 bits per heavy atom. The molecule has 0 fully saturated rings. The van der Waals surface area contributed by atoms with E-state index in [4.69, 9.17) is 5.73 Å². The molecule has 0 aliphatic rings. The second kappa shape index (κ2) is 6.68. The van der Waals surface area contributed by atoms with E-state index in [1.165, 1.54) is 16.7 Å². The topological polar surface area (TPSA) is 50.9 Å². The molecule has 2 rings (SSSR count). The van der Waals surface area contributed by atoms with Crippen LogP contribution in [0.15, 0.2) is 29.1 Å². The highest BCUT2D eigenvalue weighted by molar-refractivity contribution is 7.08. The van der Waals surface area contributed by atoms with Crippen LogP contribution < -0.4 is 11.1 Å². The van der Waals surface area contributed by atoms with Gasteiger partial charge in [-0.2, -0.15) is 11.3 Å². The highest BCUT2D eigenvalue weighted by atomic mass is 32.1. The first-order valence-corrected chi connectivity index (χ1v) is 7.61. The van der Waals surface area contributed by atoms with E-state index < -0.39 is 0 Å². The molecule has 4 heteroatoms. The van der Waals surface area contributed by atoms with Crippen molar-refractivity contribution in [3.05, 3.63) is 45.8 Å². The first-order valence-electron chi connectivity index (χ1n) is 6.67. The Bertz CT molecular complexity index is 522. The van der Waals surface area contributed by atoms with Gasteiger partial charge in [-0.25, -0.2) is 4.98 Å². The van der Waals surface area contributed by atoms with Gasteiger partial charge in [-0.15, -0.1) is 0 Å². The quantitative estimate of drug-likeness (QED) is 0.850. The number of nitrogens with zero attached hydrogens (tertiary/aromatic N) is 1. The third-order valence-electron chi connectivity index (χ3n) is 3.20. The summed E-state index contributed by atoms with van der Waals surface area (Å²) in [5.74, 6) is 0.591. The van der Waals surface area contributed by atoms with Gasteiger partial charge in [0.2, 0.25) is 0 Å². The van der Waals surface area contributed by atoms with Gasteiger partial charge in [0.15, 0.2) is 0 Å². The Labute approximate surface area is 118 Å². The lowest BCUT2D eigenvalue weighted by Gasteiger charge is -2.19. The summed E-state index contributed by atoms with van der Waals surface area (Å²) in [5.41, 5.74) is 9.74. The molecule has 3 N–H and O–H groups in total. The summed E-state index contributed by atoms with van der Waals surface area (Å²) in [5, 5.41) is 8.07. The van der Waals surface area contributed by atoms with Gasteiger partial charge in [-0.3, -0.25) is 0 Å². The molecule has 0 saturated carbocycles. The van der Waals surface area contributed by atoms with Crippen molar-refractivity contribution in [2.45, 2.75) is 32.7 Å². The third kappa shape index (κ3) is 3.78. The van der Waals surface area contributed by atoms with Crippen LogP contribution in [0.1, 0.15) is 36.1 Å². The fourth-order valence-corrected chi connectivity index (χ4v) is 3.10. The van der Waals surface area contributed by atoms with E-state index in [-0.39, 0.29) is 0 Å². The number of hydrogen-bond acceptors (Lipinski definition) is 4. The highest BCUT2D eigenvalue weighted by Gasteiger charge is 2.14. The molecule has 0 bridgehead atoms. The molecule has 1 atom stereocenters. The van der Waals surface area contributed by atoms with Crippen molar-refractivity contribution < 1.29 is 0 Å². The maximum absolute atomic E-state index is 5.75. The number of pyridine rings is 1. The van der Waals surface area contributed by atoms with E-state index in [0.29, 0.717) is 11.9 Å². The summed E-state index contributed by atoms with van der Waals surface area (Å²) in [6.07, 6.45) is 3.87. The lowest BCUT2D eigenvalue weighted by atomic mass is 9.99. The number of anilines is 1. The van der Waals surface area contributed by atoms with Crippen molar-refractivity contribution in [1.29, 1.82) is 0 Å². The van der Waals surface area contributed by atoms with Crippen LogP contribution in [0, 0.1) is 6.92 Å². The standard InChI is InChI=1S/C15H21N3S/c1-3-5-17-14(13-10-19-9-11(13)2)7-12-4-6-18-15(16)8-12/h4,6,8-10,14,17H,3,5,7H2,1-2H3,(H2,16,18). The van der Waals surface area contributed by atoms with Gasteiger partial charge in [0.05, 0.1) is 0 Å². The molecule has 0 radical (unpaired) electrons. The Morgan fingerprint density at radius 1 is 1.42 bits per heavy atom. The smallest absolute Gasteiger partial charge is 0.123 e. The number of rotatable bonds is 6. The average molecular weight is 275 g/mol. The summed E-state index contributed by atoms with van der Waals surface area (Å²) < 4.78 is 0. The van der Waals surface area contributed by atoms with E-state index in [1.807, 2.05) is 12.1 Å². The van der Waals surface area contributed by atoms with Gasteiger partial charge in [0.1, 0.15) is 5.82 Å². The minimum atomic E-state index is 0.355. The monoisotopic (exact) mass is 275 g/mol. The Balaban J connectivity index is 2.16. The third-order valence-corrected chi connectivity index (χ3v) is 4.08. The van der Waals surface area contributed by atoms with Crippen LogP contribution in [0.3, 0.4) is 0 Å². The predicted molar refractivity (Wildman–Crippen MR) is 82.4 cm³/mol. The number of nitrogens with one attached hydrogen (secondary N) is 1. The zero-order chi connectivity index (χ0) is 13.7. The molecule has 2 aromatic heterocycles. The first-order chi connectivity index (χ1) is 9.20. The van der Waals surface area contributed by atoms with Crippen molar-refractivity contribution in [2.75, 3.05) is 12.3 Å². The van der Waals surface area contributed by atoms with E-state index in [9.17, 15) is 0 Å². The molecular weight excluding hydrogens is 254 g/mol. The molecule has 2 aromatic rings. The Kier molecular flexibility index (Phi) is 4.93. The number of nitrogen functional groups attached to an aromatic ring is 1. The number of aromatic nitrogens is 1. The number of hydrogen-bond donors (Lipinski definition) is 2. The fraction of sp³-hybridized carbons (Fsp3) is 0.400. The molecule has 0 amide bonds. The molecule has 2 heterocycles. The number of thiophene rings is 1. The molecule has 0 spiro atoms. The second-order valence-corrected chi connectivity index (χ2v) is 5.55. The van der Waals surface area contributed by atoms with Crippen LogP contribution >= 0.6 is 11.3 Å². The summed E-state index contributed by atoms with van der Waals surface area (Å²) in [6.45, 7) is 5.39. The average Bonchev–Trinajstić information content (AvgIpc) is 2.81. The van der Waals surface area contributed by atoms with Crippen LogP contribution in [0.25, 0.3) is 0 Å². The molecule has 1 unspecified atom stereocenters. The van der Waals surface area contributed by atoms with Crippen LogP contribution in [0.4, 0.5) is 5.82 Å². The fourth-order valence-electron chi connectivity index (χ4n) is 2.20. The van der Waals surface area contributed by atoms with Gasteiger partial charge in [0, 0.05) is 12.2 Å². The molecule has 19 heavy (non-hydrogen) atoms. The molecule has 0 aliphatic heterocycles. The summed E-state index contributed by atoms with van der Waals surface area (Å²) in [7, 11) is 0. The van der Waals surface area contributed by atoms with E-state index in [2.05, 4.69) is 34.9 Å². The maximum Gasteiger partial charge on any atom is 0.123 e. The molecule has 0 saturated heterocycles. The minimum absolute atomic E-state index is 0.355. The van der Waals surface area contributed by atoms with Crippen molar-refractivity contribution in [3.8, 4) is 0 Å². The number of nitrogens with two attached hydrogens (primary N) is 1. The molecule has 102 valence electrons. The summed E-state index contributed by atoms with van der Waals surface area (Å²) in [6, 6.07) is 4.36. The molecule has 3 nitrogen and oxygen atoms in total. The highest BCUT2D eigenvalue weighted by Crippen LogP contribution is 2.25. The van der Waals surface area contributed by atoms with E-state index in [0.717, 1.165) is 19.4 Å². The molecular formula is C15H21N3S. The van der Waals surface area contributed by atoms with Crippen molar-refractivity contribution >= 4 is 17.2 Å². The normalized spacial score (nSPS) is 12.5. The summed E-state index contributed by atoms with van der Waals surface area (Å²) in [4.78, 5) is 4.05. The van der Waals surface area contributed by atoms with Crippen LogP contribution in [0.5, 0.6) is 0 Å². The van der Waals surface area contributed by atoms with Crippen LogP contribution in [-0.2, 0) is 6.42 Å². The van der Waals surface area contributed by atoms with Gasteiger partial charge < -0.3 is 11.1 Å². The lowest BCUT2D eigenvalue weighted by Crippen LogP contribution is -2.24. The molecule has 0 aliphatic carbocycles. The van der Waals surface area contributed by atoms with Crippen molar-refractivity contribution in [1.82, 2.24) is 10.3 Å². The van der Waals surface area contributed by atoms with Crippen molar-refractivity contribution in [3.63, 3.8) is 0 Å². The SMILES string of the molecule is CCCNC(Cc1ccnc(N)c1)c1cscc1C. The van der Waals surface area contributed by atoms with E-state index >= 15 is 0 Å². The zero-order valence-electron chi connectivity index (χ0n) is 11.5. The minimum Gasteiger partial charge on any atom is -0.384 e. The second-order valence-electron chi connectivity index (χ2n) is 4.81. The molecule has 0 aromatic carbocycles. The maximum atomic E-state index is 5.75. The van der Waals surface area contributed by atoms with E-state index in [1.54, 1.807) is 17.5 Å². The zero-order valence-corrected chi connectivity index (χ0v) is 12.3. The number of aryl methyl sites for hydroxylation is 1.